The monoisotopic (exact) mass is 1400 g/mol. The van der Waals surface area contributed by atoms with Crippen LogP contribution in [0.3, 0.4) is 0 Å². The lowest BCUT2D eigenvalue weighted by atomic mass is 9.43. The number of ether oxygens (including phenoxy) is 8. The maximum Gasteiger partial charge on any atom is 0.509 e. The molecule has 26 heteroatoms. The Kier molecular flexibility index (Phi) is 27.0. The van der Waals surface area contributed by atoms with E-state index >= 15 is 0 Å². The zero-order valence-electron chi connectivity index (χ0n) is 58.7. The highest BCUT2D eigenvalue weighted by molar-refractivity contribution is 6.01. The SMILES string of the molecule is CCCC1O[C@@H]2CC3[C@](C)(C[C@H](O)[C@@H]4[C@@]5(C)C=CC(=O)C=C5CC[C@@]34NC)[C@]2(C(=O)COC(=O)OCc2ccc(NC(=O)[C@H](CCCNC(N)=O)NC(=O)[C@@H](NC(=O)CCOCCOCCOCCOCCNC(=O)CCC(=O)N3Cc4ccccc4C#Cc4ccccc43)C(C)C)cc2)O1. The van der Waals surface area contributed by atoms with E-state index in [-0.39, 0.29) is 127 Å². The van der Waals surface area contributed by atoms with Gasteiger partial charge in [-0.1, -0.05) is 107 Å². The Labute approximate surface area is 589 Å². The Bertz CT molecular complexity index is 3590. The number of nitrogens with two attached hydrogens (primary N) is 1. The van der Waals surface area contributed by atoms with Gasteiger partial charge in [0.05, 0.1) is 77.3 Å². The van der Waals surface area contributed by atoms with Crippen molar-refractivity contribution < 1.29 is 86.2 Å². The van der Waals surface area contributed by atoms with E-state index in [9.17, 15) is 48.3 Å². The van der Waals surface area contributed by atoms with Gasteiger partial charge in [0.25, 0.3) is 0 Å². The van der Waals surface area contributed by atoms with E-state index in [1.807, 2.05) is 75.5 Å². The number of allylic oxidation sites excluding steroid dienone is 4. The summed E-state index contributed by atoms with van der Waals surface area (Å²) in [5.41, 5.74) is 6.58. The van der Waals surface area contributed by atoms with Crippen molar-refractivity contribution in [3.05, 3.63) is 119 Å². The number of Topliss-reactive ketones (excluding diaryl/α,β-unsaturated/α-hetero) is 1. The van der Waals surface area contributed by atoms with E-state index in [0.717, 1.165) is 28.7 Å². The lowest BCUT2D eigenvalue weighted by Gasteiger charge is -2.65. The van der Waals surface area contributed by atoms with Crippen LogP contribution in [0, 0.1) is 40.4 Å². The van der Waals surface area contributed by atoms with Crippen molar-refractivity contribution in [1.82, 2.24) is 26.6 Å². The lowest BCUT2D eigenvalue weighted by Crippen LogP contribution is -2.73. The number of para-hydroxylation sites is 1. The van der Waals surface area contributed by atoms with Crippen molar-refractivity contribution >= 4 is 64.7 Å². The summed E-state index contributed by atoms with van der Waals surface area (Å²) in [6, 6.07) is 18.7. The summed E-state index contributed by atoms with van der Waals surface area (Å²) < 4.78 is 46.6. The second kappa shape index (κ2) is 35.5. The van der Waals surface area contributed by atoms with Crippen LogP contribution in [0.2, 0.25) is 0 Å². The van der Waals surface area contributed by atoms with Crippen LogP contribution in [-0.2, 0) is 84.6 Å². The number of carbonyl (C=O) groups excluding carboxylic acids is 9. The molecule has 101 heavy (non-hydrogen) atoms. The first-order valence-electron chi connectivity index (χ1n) is 35.1. The van der Waals surface area contributed by atoms with Crippen LogP contribution in [0.4, 0.5) is 21.0 Å². The van der Waals surface area contributed by atoms with E-state index in [1.165, 1.54) is 0 Å². The number of amides is 7. The molecule has 2 aliphatic heterocycles. The van der Waals surface area contributed by atoms with Gasteiger partial charge in [0.2, 0.25) is 35.3 Å². The van der Waals surface area contributed by atoms with Gasteiger partial charge in [-0.3, -0.25) is 33.6 Å². The zero-order valence-corrected chi connectivity index (χ0v) is 58.7. The largest absolute Gasteiger partial charge is 0.509 e. The number of aliphatic hydroxyl groups is 1. The number of hydrogen-bond acceptors (Lipinski definition) is 19. The number of benzene rings is 3. The lowest BCUT2D eigenvalue weighted by molar-refractivity contribution is -0.208. The molecule has 0 radical (unpaired) electrons. The molecule has 0 bridgehead atoms. The predicted octanol–water partition coefficient (Wildman–Crippen LogP) is 5.73. The average Bonchev–Trinajstić information content (AvgIpc) is 1.54. The number of aliphatic hydroxyl groups excluding tert-OH is 1. The third kappa shape index (κ3) is 18.5. The molecule has 0 spiro atoms. The van der Waals surface area contributed by atoms with Gasteiger partial charge in [-0.15, -0.1) is 0 Å². The van der Waals surface area contributed by atoms with Crippen molar-refractivity contribution in [3.8, 4) is 11.8 Å². The summed E-state index contributed by atoms with van der Waals surface area (Å²) in [5, 5.41) is 29.6. The van der Waals surface area contributed by atoms with Crippen LogP contribution >= 0.6 is 0 Å². The van der Waals surface area contributed by atoms with Crippen molar-refractivity contribution in [2.24, 2.45) is 34.3 Å². The summed E-state index contributed by atoms with van der Waals surface area (Å²) in [6.07, 6.45) is 5.33. The molecule has 9 N–H and O–H groups in total. The van der Waals surface area contributed by atoms with Crippen LogP contribution < -0.4 is 42.5 Å². The van der Waals surface area contributed by atoms with E-state index in [4.69, 9.17) is 43.6 Å². The van der Waals surface area contributed by atoms with Gasteiger partial charge in [0, 0.05) is 71.5 Å². The van der Waals surface area contributed by atoms with Gasteiger partial charge < -0.3 is 85.5 Å². The molecule has 9 rings (SSSR count). The third-order valence-electron chi connectivity index (χ3n) is 20.5. The molecule has 0 aromatic heterocycles. The number of hydrogen-bond donors (Lipinski definition) is 8. The van der Waals surface area contributed by atoms with Crippen molar-refractivity contribution in [3.63, 3.8) is 0 Å². The molecule has 11 atom stereocenters. The smallest absolute Gasteiger partial charge is 0.429 e. The average molecular weight is 1400 g/mol. The number of anilines is 2. The van der Waals surface area contributed by atoms with Crippen LogP contribution in [-0.4, -0.2) is 180 Å². The van der Waals surface area contributed by atoms with Gasteiger partial charge in [0.15, 0.2) is 24.3 Å². The number of fused-ring (bicyclic) bond motifs is 9. The standard InChI is InChI=1S/C75H98N8O18/c1-7-13-65-100-61-43-59-73(5,44-58(85)67-72(4)30-28-55(84)42-53(72)27-31-74(59,67)77-6)75(61,101-65)60(86)47-99-71(93)98-46-49-19-23-54(24-20-49)80-68(90)56(17-12-32-79-70(76)92)81-69(91)66(48(2)3)82-63(88)29-34-94-36-38-96-40-41-97-39-37-95-35-33-78-62(87)25-26-64(89)83-45-52-16-9-8-14-50(52)21-22-51-15-10-11-18-57(51)83/h8-11,14-16,18-20,23-24,28,30,42,48,56,58-59,61,65-67,77,85H,7,12-13,17,25-27,29,31-41,43-47H2,1-6H3,(H,78,87)(H,80,90)(H,81,91)(H,82,88)(H3,76,79,92)/t56-,58-,59?,61+,65?,66-,67+,72-,73-,74+,75+/m0/s1. The summed E-state index contributed by atoms with van der Waals surface area (Å²) in [6.45, 7) is 11.3. The number of rotatable bonds is 36. The van der Waals surface area contributed by atoms with E-state index < -0.39 is 94.8 Å². The molecule has 4 aliphatic carbocycles. The van der Waals surface area contributed by atoms with Gasteiger partial charge in [-0.05, 0) is 117 Å². The van der Waals surface area contributed by atoms with Gasteiger partial charge >= 0.3 is 12.2 Å². The van der Waals surface area contributed by atoms with Gasteiger partial charge in [-0.25, -0.2) is 9.59 Å². The summed E-state index contributed by atoms with van der Waals surface area (Å²) in [4.78, 5) is 121. The molecule has 3 aromatic carbocycles. The Hall–Kier alpha value is -8.39. The Morgan fingerprint density at radius 3 is 2.17 bits per heavy atom. The van der Waals surface area contributed by atoms with Crippen molar-refractivity contribution in [2.45, 2.75) is 160 Å². The highest BCUT2D eigenvalue weighted by Crippen LogP contribution is 2.71. The maximum atomic E-state index is 14.8. The first kappa shape index (κ1) is 76.8. The minimum atomic E-state index is -1.55. The van der Waals surface area contributed by atoms with Crippen LogP contribution in [0.25, 0.3) is 0 Å². The predicted molar refractivity (Wildman–Crippen MR) is 371 cm³/mol. The second-order valence-electron chi connectivity index (χ2n) is 27.3. The second-order valence-corrected chi connectivity index (χ2v) is 27.3. The highest BCUT2D eigenvalue weighted by Gasteiger charge is 2.79. The third-order valence-corrected chi connectivity index (χ3v) is 20.5. The quantitative estimate of drug-likeness (QED) is 0.0196. The maximum absolute atomic E-state index is 14.8. The van der Waals surface area contributed by atoms with Crippen LogP contribution in [0.5, 0.6) is 0 Å². The summed E-state index contributed by atoms with van der Waals surface area (Å²) >= 11 is 0. The van der Waals surface area contributed by atoms with Crippen molar-refractivity contribution in [1.29, 1.82) is 0 Å². The minimum absolute atomic E-state index is 0.0284. The molecule has 1 saturated heterocycles. The number of nitrogens with zero attached hydrogens (tertiary/aromatic N) is 1. The number of nitrogens with one attached hydrogen (secondary N) is 6. The fraction of sp³-hybridized carbons (Fsp3) is 0.560. The Morgan fingerprint density at radius 1 is 0.782 bits per heavy atom. The summed E-state index contributed by atoms with van der Waals surface area (Å²) in [5.74, 6) is 2.82. The number of urea groups is 1. The molecule has 3 aromatic rings. The molecule has 4 fully saturated rings. The molecule has 7 amide bonds. The number of primary amides is 1. The number of carbonyl (C=O) groups is 9. The number of ketones is 2. The Morgan fingerprint density at radius 2 is 1.47 bits per heavy atom. The fourth-order valence-corrected chi connectivity index (χ4v) is 15.6. The van der Waals surface area contributed by atoms with E-state index in [0.29, 0.717) is 69.0 Å². The van der Waals surface area contributed by atoms with E-state index in [1.54, 1.807) is 55.2 Å². The molecule has 2 heterocycles. The topological polar surface area (TPSA) is 349 Å². The van der Waals surface area contributed by atoms with Gasteiger partial charge in [-0.2, -0.15) is 0 Å². The first-order chi connectivity index (χ1) is 48.5. The molecule has 6 aliphatic rings. The molecule has 546 valence electrons. The molecular weight excluding hydrogens is 1300 g/mol. The summed E-state index contributed by atoms with van der Waals surface area (Å²) in [7, 11) is 1.89. The van der Waals surface area contributed by atoms with Crippen LogP contribution in [0.1, 0.15) is 128 Å². The molecule has 3 saturated carbocycles. The van der Waals surface area contributed by atoms with E-state index in [2.05, 4.69) is 50.7 Å². The van der Waals surface area contributed by atoms with Crippen LogP contribution in [0.15, 0.2) is 96.6 Å². The van der Waals surface area contributed by atoms with Gasteiger partial charge in [0.1, 0.15) is 18.7 Å². The zero-order chi connectivity index (χ0) is 72.3. The first-order valence-corrected chi connectivity index (χ1v) is 35.1. The normalized spacial score (nSPS) is 24.9. The molecule has 26 nitrogen and oxygen atoms in total. The van der Waals surface area contributed by atoms with Crippen molar-refractivity contribution in [2.75, 3.05) is 89.8 Å². The molecule has 2 unspecified atom stereocenters. The minimum Gasteiger partial charge on any atom is -0.429 e. The molecular formula is C75H98N8O18. The fourth-order valence-electron chi connectivity index (χ4n) is 15.6. The Balaban J connectivity index is 0.647. The highest BCUT2D eigenvalue weighted by atomic mass is 16.8.